The van der Waals surface area contributed by atoms with Crippen LogP contribution in [0, 0.1) is 0 Å². The molecule has 8 heterocycles. The van der Waals surface area contributed by atoms with Crippen LogP contribution in [0.15, 0.2) is 358 Å². The van der Waals surface area contributed by atoms with Crippen LogP contribution >= 0.6 is 0 Å². The summed E-state index contributed by atoms with van der Waals surface area (Å²) in [4.78, 5) is 25.0. The summed E-state index contributed by atoms with van der Waals surface area (Å²) in [5.74, 6) is 8.26. The topological polar surface area (TPSA) is 111 Å². The second-order valence-electron chi connectivity index (χ2n) is 26.8. The normalized spacial score (nSPS) is 12.7. The van der Waals surface area contributed by atoms with E-state index in [2.05, 4.69) is 170 Å². The van der Waals surface area contributed by atoms with Gasteiger partial charge >= 0.3 is 0 Å². The smallest absolute Gasteiger partial charge is 0.153 e. The molecule has 12 heteroatoms. The Morgan fingerprint density at radius 3 is 1.17 bits per heavy atom. The van der Waals surface area contributed by atoms with Crippen molar-refractivity contribution in [2.24, 2.45) is 0 Å². The van der Waals surface area contributed by atoms with Gasteiger partial charge in [0.2, 0.25) is 0 Å². The number of ether oxygens (including phenoxy) is 3. The average Bonchev–Trinajstić information content (AvgIpc) is 1.56. The van der Waals surface area contributed by atoms with Crippen LogP contribution in [0.3, 0.4) is 0 Å². The van der Waals surface area contributed by atoms with Crippen molar-refractivity contribution < 1.29 is 21.1 Å². The van der Waals surface area contributed by atoms with Gasteiger partial charge in [-0.25, -0.2) is 24.9 Å². The first kappa shape index (κ1) is 57.4. The summed E-state index contributed by atoms with van der Waals surface area (Å²) in [6.45, 7) is 0. The molecule has 20 aromatic rings. The minimum absolute atomic E-state index is 0.201. The number of fused-ring (bicyclic) bond motifs is 11. The third-order valence-electron chi connectivity index (χ3n) is 20.2. The molecular weight excluding hydrogens is 1340 g/mol. The molecule has 109 heavy (non-hydrogen) atoms. The van der Waals surface area contributed by atoms with Gasteiger partial charge < -0.3 is 14.2 Å². The fourth-order valence-corrected chi connectivity index (χ4v) is 15.1. The quantitative estimate of drug-likeness (QED) is 0.131. The molecule has 23 rings (SSSR count). The molecule has 0 amide bonds. The molecule has 5 aromatic heterocycles. The summed E-state index contributed by atoms with van der Waals surface area (Å²) in [6, 6.07) is 108. The molecule has 0 fully saturated rings. The number of imidazole rings is 4. The van der Waals surface area contributed by atoms with Gasteiger partial charge in [0, 0.05) is 27.6 Å². The van der Waals surface area contributed by atoms with Crippen molar-refractivity contribution in [1.29, 1.82) is 0 Å². The highest BCUT2D eigenvalue weighted by Gasteiger charge is 2.30. The third-order valence-corrected chi connectivity index (χ3v) is 20.2. The van der Waals surface area contributed by atoms with Gasteiger partial charge in [-0.1, -0.05) is 267 Å². The van der Waals surface area contributed by atoms with Crippen LogP contribution in [-0.2, 0) is 0 Å². The fourth-order valence-electron chi connectivity index (χ4n) is 15.1. The number of benzene rings is 15. The number of nitrogens with zero attached hydrogens (tertiary/aromatic N) is 9. The molecule has 0 saturated carbocycles. The van der Waals surface area contributed by atoms with Gasteiger partial charge in [-0.3, -0.25) is 18.1 Å². The Labute approximate surface area is 632 Å². The Bertz CT molecular complexity index is 7280. The molecule has 3 aliphatic heterocycles. The molecule has 0 radical (unpaired) electrons. The van der Waals surface area contributed by atoms with Crippen LogP contribution in [0.25, 0.3) is 169 Å². The highest BCUT2D eigenvalue weighted by atomic mass is 16.5. The lowest BCUT2D eigenvalue weighted by atomic mass is 9.98. The minimum atomic E-state index is -0.392. The lowest BCUT2D eigenvalue weighted by molar-refractivity contribution is 0.475. The Balaban J connectivity index is 0.000000109. The zero-order valence-electron chi connectivity index (χ0n) is 63.1. The lowest BCUT2D eigenvalue weighted by Gasteiger charge is -2.22. The summed E-state index contributed by atoms with van der Waals surface area (Å²) < 4.78 is 68.3. The van der Waals surface area contributed by atoms with Crippen molar-refractivity contribution in [2.45, 2.75) is 0 Å². The minimum Gasteiger partial charge on any atom is -0.453 e. The molecule has 0 atom stereocenters. The van der Waals surface area contributed by atoms with E-state index in [0.29, 0.717) is 5.56 Å². The van der Waals surface area contributed by atoms with Crippen molar-refractivity contribution >= 4 is 72.8 Å². The summed E-state index contributed by atoms with van der Waals surface area (Å²) in [6.07, 6.45) is 4.23. The van der Waals surface area contributed by atoms with Crippen LogP contribution < -0.4 is 14.2 Å². The first-order chi connectivity index (χ1) is 56.1. The van der Waals surface area contributed by atoms with Crippen molar-refractivity contribution in [1.82, 2.24) is 43.0 Å². The van der Waals surface area contributed by atoms with Crippen molar-refractivity contribution in [3.8, 4) is 130 Å². The average molecular weight is 1410 g/mol. The zero-order chi connectivity index (χ0) is 76.2. The molecule has 12 nitrogen and oxygen atoms in total. The van der Waals surface area contributed by atoms with E-state index in [1.165, 1.54) is 5.56 Å². The number of rotatable bonds is 9. The van der Waals surface area contributed by atoms with Gasteiger partial charge in [-0.05, 0) is 148 Å². The monoisotopic (exact) mass is 1400 g/mol. The molecule has 512 valence electrons. The number of hydrogen-bond acceptors (Lipinski definition) is 8. The first-order valence-electron chi connectivity index (χ1n) is 38.4. The van der Waals surface area contributed by atoms with Gasteiger partial charge in [0.15, 0.2) is 34.5 Å². The Hall–Kier alpha value is -15.0. The van der Waals surface area contributed by atoms with E-state index in [-0.39, 0.29) is 29.7 Å². The maximum Gasteiger partial charge on any atom is 0.153 e. The number of hydrogen-bond donors (Lipinski definition) is 0. The van der Waals surface area contributed by atoms with Gasteiger partial charge in [-0.15, -0.1) is 0 Å². The third kappa shape index (κ3) is 11.0. The molecule has 0 bridgehead atoms. The second-order valence-corrected chi connectivity index (χ2v) is 26.8. The van der Waals surface area contributed by atoms with Crippen LogP contribution in [0.1, 0.15) is 18.0 Å². The van der Waals surface area contributed by atoms with Crippen LogP contribution in [-0.4, -0.2) is 43.0 Å². The molecule has 0 N–H and O–H groups in total. The molecule has 0 spiro atoms. The SMILES string of the molecule is C(=C\c1ccc2c(c1)Oc1cccc3nc(-c4ccccc4)n-2c13)/c1ccccc1.[2H]c1c([2H])c([2H])c(-c2ccc(-c3ccc(-c4ccc5c(c4)Oc4cccc6nc(-c7ccccc7)n-5c46)cc3)cc2)c([2H])c1[2H].c1ccc(-c2nc3cccc4c3n2-c2ccc(-c3nc5ccccc5c5nc6ccccc6n35)cc2O4)cc1. The standard InChI is InChI=1S/C37H24N2O.C33H19N5O.C27H18N2O/c1-3-8-25(9-4-1)26-14-16-27(17-15-26)28-18-20-29(21-19-28)31-22-23-33-35(24-31)40-34-13-7-12-32-36(34)39(33)37(38-32)30-10-5-2-6-11-30;1-2-9-20(10-3-1)31-36-25-14-8-16-28-30(25)37(31)27-18-17-21(19-29(27)39-28)32-34-23-12-5-4-11-22(23)33-35-24-13-6-7-15-26(24)38(32)33;1-3-8-19(9-4-1)14-15-20-16-17-23-25(18-20)30-24-13-7-12-22-26(24)29(23)27(28-22)21-10-5-2-6-11-21/h1-24H;1-19H;1-18H/b;;15-14+/i1D,3D,4D,8D,9D;;. The van der Waals surface area contributed by atoms with Gasteiger partial charge in [0.25, 0.3) is 0 Å². The highest BCUT2D eigenvalue weighted by Crippen LogP contribution is 2.49. The van der Waals surface area contributed by atoms with E-state index in [1.807, 2.05) is 176 Å². The van der Waals surface area contributed by atoms with E-state index in [1.54, 1.807) is 12.1 Å². The Kier molecular flexibility index (Phi) is 13.7. The summed E-state index contributed by atoms with van der Waals surface area (Å²) in [7, 11) is 0. The van der Waals surface area contributed by atoms with Crippen molar-refractivity contribution in [3.05, 3.63) is 369 Å². The Morgan fingerprint density at radius 2 is 0.642 bits per heavy atom. The predicted molar refractivity (Wildman–Crippen MR) is 438 cm³/mol. The fraction of sp³-hybridized carbons (Fsp3) is 0. The van der Waals surface area contributed by atoms with Gasteiger partial charge in [0.1, 0.15) is 45.5 Å². The van der Waals surface area contributed by atoms with E-state index in [4.69, 9.17) is 46.0 Å². The molecule has 0 unspecified atom stereocenters. The maximum absolute atomic E-state index is 8.27. The van der Waals surface area contributed by atoms with Crippen LogP contribution in [0.4, 0.5) is 0 Å². The molecule has 0 aliphatic carbocycles. The maximum atomic E-state index is 8.27. The highest BCUT2D eigenvalue weighted by molar-refractivity contribution is 6.00. The zero-order valence-corrected chi connectivity index (χ0v) is 58.1. The lowest BCUT2D eigenvalue weighted by Crippen LogP contribution is -2.06. The van der Waals surface area contributed by atoms with Gasteiger partial charge in [-0.2, -0.15) is 0 Å². The summed E-state index contributed by atoms with van der Waals surface area (Å²) in [5.41, 5.74) is 23.5. The Morgan fingerprint density at radius 1 is 0.257 bits per heavy atom. The van der Waals surface area contributed by atoms with E-state index in [9.17, 15) is 0 Å². The summed E-state index contributed by atoms with van der Waals surface area (Å²) >= 11 is 0. The molecule has 15 aromatic carbocycles. The second kappa shape index (κ2) is 26.0. The molecule has 3 aliphatic rings. The van der Waals surface area contributed by atoms with Crippen molar-refractivity contribution in [2.75, 3.05) is 0 Å². The van der Waals surface area contributed by atoms with Crippen LogP contribution in [0.5, 0.6) is 34.5 Å². The van der Waals surface area contributed by atoms with E-state index >= 15 is 0 Å². The number of para-hydroxylation sites is 6. The van der Waals surface area contributed by atoms with E-state index in [0.717, 1.165) is 186 Å². The largest absolute Gasteiger partial charge is 0.453 e. The predicted octanol–water partition coefficient (Wildman–Crippen LogP) is 24.6. The first-order valence-corrected chi connectivity index (χ1v) is 35.9. The number of aromatic nitrogens is 9. The van der Waals surface area contributed by atoms with Gasteiger partial charge in [0.05, 0.1) is 57.0 Å². The van der Waals surface area contributed by atoms with Crippen LogP contribution in [0.2, 0.25) is 0 Å². The molecular formula is C97H61N9O3. The summed E-state index contributed by atoms with van der Waals surface area (Å²) in [5, 5.41) is 1.02. The van der Waals surface area contributed by atoms with E-state index < -0.39 is 6.04 Å². The van der Waals surface area contributed by atoms with Crippen molar-refractivity contribution in [3.63, 3.8) is 0 Å². The molecule has 0 saturated heterocycles.